The Morgan fingerprint density at radius 2 is 1.69 bits per heavy atom. The number of thioether (sulfide) groups is 1. The number of ether oxygens (including phenoxy) is 1. The van der Waals surface area contributed by atoms with E-state index in [1.807, 2.05) is 4.90 Å². The highest BCUT2D eigenvalue weighted by atomic mass is 32.2. The Balaban J connectivity index is 1.52. The molecule has 0 radical (unpaired) electrons. The summed E-state index contributed by atoms with van der Waals surface area (Å²) >= 11 is 6.72. The summed E-state index contributed by atoms with van der Waals surface area (Å²) in [6, 6.07) is 16.4. The zero-order valence-corrected chi connectivity index (χ0v) is 22.1. The SMILES string of the molecule is O=C(NCc1ccccc1C(F)(F)F)/C(=C/c1ccc(SC(=S)N2CCOCC2)o1)NC(=O)c1ccccc1. The second-order valence-electron chi connectivity index (χ2n) is 8.34. The highest BCUT2D eigenvalue weighted by Gasteiger charge is 2.33. The fourth-order valence-corrected chi connectivity index (χ4v) is 4.86. The molecule has 7 nitrogen and oxygen atoms in total. The topological polar surface area (TPSA) is 83.8 Å². The largest absolute Gasteiger partial charge is 0.450 e. The molecule has 1 saturated heterocycles. The number of carbonyl (C=O) groups excluding carboxylic acids is 2. The number of hydrogen-bond acceptors (Lipinski definition) is 6. The molecule has 39 heavy (non-hydrogen) atoms. The minimum Gasteiger partial charge on any atom is -0.450 e. The van der Waals surface area contributed by atoms with E-state index in [1.54, 1.807) is 42.5 Å². The van der Waals surface area contributed by atoms with Gasteiger partial charge in [0.25, 0.3) is 11.8 Å². The molecule has 3 aromatic rings. The van der Waals surface area contributed by atoms with E-state index >= 15 is 0 Å². The molecular weight excluding hydrogens is 551 g/mol. The van der Waals surface area contributed by atoms with Crippen LogP contribution in [0.25, 0.3) is 6.08 Å². The molecule has 0 unspecified atom stereocenters. The van der Waals surface area contributed by atoms with Crippen molar-refractivity contribution >= 4 is 46.2 Å². The lowest BCUT2D eigenvalue weighted by Gasteiger charge is -2.28. The fraction of sp³-hybridized carbons (Fsp3) is 0.222. The number of carbonyl (C=O) groups is 2. The van der Waals surface area contributed by atoms with Crippen LogP contribution in [0.4, 0.5) is 13.2 Å². The summed E-state index contributed by atoms with van der Waals surface area (Å²) in [5, 5.41) is 5.48. The van der Waals surface area contributed by atoms with Gasteiger partial charge in [0.1, 0.15) is 15.8 Å². The molecule has 2 amide bonds. The number of rotatable bonds is 7. The van der Waals surface area contributed by atoms with Crippen LogP contribution < -0.4 is 10.6 Å². The summed E-state index contributed by atoms with van der Waals surface area (Å²) in [6.07, 6.45) is -3.26. The standard InChI is InChI=1S/C27H24F3N3O4S2/c28-27(29,30)21-9-5-4-8-19(21)17-31-25(35)22(32-24(34)18-6-2-1-3-7-18)16-20-10-11-23(37-20)39-26(38)33-12-14-36-15-13-33/h1-11,16H,12-15,17H2,(H,31,35)(H,32,34)/b22-16-. The molecule has 2 aromatic carbocycles. The van der Waals surface area contributed by atoms with Gasteiger partial charge in [-0.25, -0.2) is 0 Å². The van der Waals surface area contributed by atoms with Crippen molar-refractivity contribution in [1.29, 1.82) is 0 Å². The Bertz CT molecular complexity index is 1350. The molecule has 0 saturated carbocycles. The van der Waals surface area contributed by atoms with E-state index in [1.165, 1.54) is 36.0 Å². The maximum atomic E-state index is 13.4. The summed E-state index contributed by atoms with van der Waals surface area (Å²) in [5.74, 6) is -1.11. The van der Waals surface area contributed by atoms with Gasteiger partial charge < -0.3 is 24.7 Å². The third-order valence-corrected chi connectivity index (χ3v) is 7.00. The van der Waals surface area contributed by atoms with Crippen molar-refractivity contribution in [1.82, 2.24) is 15.5 Å². The van der Waals surface area contributed by atoms with Crippen LogP contribution in [-0.2, 0) is 22.3 Å². The Morgan fingerprint density at radius 1 is 1.00 bits per heavy atom. The molecule has 1 fully saturated rings. The zero-order chi connectivity index (χ0) is 27.8. The van der Waals surface area contributed by atoms with E-state index in [4.69, 9.17) is 21.4 Å². The van der Waals surface area contributed by atoms with Crippen LogP contribution in [0.15, 0.2) is 81.9 Å². The molecule has 204 valence electrons. The molecule has 1 aliphatic heterocycles. The van der Waals surface area contributed by atoms with Crippen molar-refractivity contribution in [2.45, 2.75) is 17.8 Å². The van der Waals surface area contributed by atoms with Crippen LogP contribution in [-0.4, -0.2) is 47.3 Å². The minimum absolute atomic E-state index is 0.111. The van der Waals surface area contributed by atoms with Gasteiger partial charge in [-0.15, -0.1) is 0 Å². The smallest absolute Gasteiger partial charge is 0.416 e. The molecule has 12 heteroatoms. The number of morpholine rings is 1. The average Bonchev–Trinajstić information content (AvgIpc) is 3.38. The van der Waals surface area contributed by atoms with Gasteiger partial charge in [0.05, 0.1) is 18.8 Å². The summed E-state index contributed by atoms with van der Waals surface area (Å²) < 4.78 is 51.9. The van der Waals surface area contributed by atoms with Crippen molar-refractivity contribution < 1.29 is 31.9 Å². The van der Waals surface area contributed by atoms with Crippen LogP contribution in [0.1, 0.15) is 27.2 Å². The van der Waals surface area contributed by atoms with E-state index in [9.17, 15) is 22.8 Å². The van der Waals surface area contributed by atoms with Crippen LogP contribution in [0.2, 0.25) is 0 Å². The van der Waals surface area contributed by atoms with Gasteiger partial charge in [-0.3, -0.25) is 9.59 Å². The Morgan fingerprint density at radius 3 is 2.41 bits per heavy atom. The normalized spacial score (nSPS) is 14.1. The average molecular weight is 576 g/mol. The summed E-state index contributed by atoms with van der Waals surface area (Å²) in [5.41, 5.74) is -0.867. The van der Waals surface area contributed by atoms with Crippen LogP contribution in [0.5, 0.6) is 0 Å². The number of nitrogens with zero attached hydrogens (tertiary/aromatic N) is 1. The third kappa shape index (κ3) is 7.94. The third-order valence-electron chi connectivity index (χ3n) is 5.64. The first-order chi connectivity index (χ1) is 18.7. The molecule has 1 aromatic heterocycles. The Hall–Kier alpha value is -3.61. The number of benzene rings is 2. The first kappa shape index (κ1) is 28.4. The molecular formula is C27H24F3N3O4S2. The molecule has 2 N–H and O–H groups in total. The molecule has 0 bridgehead atoms. The van der Waals surface area contributed by atoms with Gasteiger partial charge in [0.2, 0.25) is 0 Å². The number of amides is 2. The quantitative estimate of drug-likeness (QED) is 0.231. The molecule has 2 heterocycles. The van der Waals surface area contributed by atoms with Gasteiger partial charge in [-0.1, -0.05) is 48.6 Å². The fourth-order valence-electron chi connectivity index (χ4n) is 3.67. The van der Waals surface area contributed by atoms with Gasteiger partial charge in [-0.05, 0) is 47.7 Å². The lowest BCUT2D eigenvalue weighted by atomic mass is 10.1. The predicted molar refractivity (Wildman–Crippen MR) is 145 cm³/mol. The van der Waals surface area contributed by atoms with Gasteiger partial charge in [-0.2, -0.15) is 13.2 Å². The highest BCUT2D eigenvalue weighted by Crippen LogP contribution is 2.32. The highest BCUT2D eigenvalue weighted by molar-refractivity contribution is 8.22. The number of furan rings is 1. The monoisotopic (exact) mass is 575 g/mol. The van der Waals surface area contributed by atoms with Gasteiger partial charge in [0, 0.05) is 31.3 Å². The minimum atomic E-state index is -4.58. The molecule has 0 aliphatic carbocycles. The van der Waals surface area contributed by atoms with Crippen LogP contribution >= 0.6 is 24.0 Å². The number of nitrogens with one attached hydrogen (secondary N) is 2. The van der Waals surface area contributed by atoms with Crippen molar-refractivity contribution in [3.63, 3.8) is 0 Å². The lowest BCUT2D eigenvalue weighted by Crippen LogP contribution is -2.38. The van der Waals surface area contributed by atoms with Crippen LogP contribution in [0.3, 0.4) is 0 Å². The maximum Gasteiger partial charge on any atom is 0.416 e. The van der Waals surface area contributed by atoms with E-state index in [0.29, 0.717) is 41.3 Å². The van der Waals surface area contributed by atoms with Crippen molar-refractivity contribution in [3.8, 4) is 0 Å². The number of halogens is 3. The van der Waals surface area contributed by atoms with E-state index in [-0.39, 0.29) is 17.0 Å². The maximum absolute atomic E-state index is 13.4. The van der Waals surface area contributed by atoms with Crippen molar-refractivity contribution in [2.75, 3.05) is 26.3 Å². The second kappa shape index (κ2) is 13.0. The molecule has 0 spiro atoms. The second-order valence-corrected chi connectivity index (χ2v) is 9.98. The van der Waals surface area contributed by atoms with Crippen molar-refractivity contribution in [3.05, 3.63) is 94.9 Å². The predicted octanol–water partition coefficient (Wildman–Crippen LogP) is 5.09. The summed E-state index contributed by atoms with van der Waals surface area (Å²) in [6.45, 7) is 2.11. The summed E-state index contributed by atoms with van der Waals surface area (Å²) in [4.78, 5) is 27.9. The van der Waals surface area contributed by atoms with Crippen molar-refractivity contribution in [2.24, 2.45) is 0 Å². The van der Waals surface area contributed by atoms with E-state index in [2.05, 4.69) is 10.6 Å². The number of alkyl halides is 3. The van der Waals surface area contributed by atoms with Gasteiger partial charge >= 0.3 is 6.18 Å². The van der Waals surface area contributed by atoms with Crippen LogP contribution in [0, 0.1) is 0 Å². The summed E-state index contributed by atoms with van der Waals surface area (Å²) in [7, 11) is 0. The zero-order valence-electron chi connectivity index (χ0n) is 20.5. The number of hydrogen-bond donors (Lipinski definition) is 2. The molecule has 1 aliphatic rings. The Labute approximate surface area is 232 Å². The first-order valence-electron chi connectivity index (χ1n) is 11.9. The van der Waals surface area contributed by atoms with E-state index < -0.39 is 30.1 Å². The lowest BCUT2D eigenvalue weighted by molar-refractivity contribution is -0.138. The first-order valence-corrected chi connectivity index (χ1v) is 13.1. The Kier molecular flexibility index (Phi) is 9.44. The van der Waals surface area contributed by atoms with E-state index in [0.717, 1.165) is 6.07 Å². The number of thiocarbonyl (C=S) groups is 1. The van der Waals surface area contributed by atoms with Gasteiger partial charge in [0.15, 0.2) is 5.09 Å². The molecule has 4 rings (SSSR count). The molecule has 0 atom stereocenters.